The highest BCUT2D eigenvalue weighted by Crippen LogP contribution is 2.44. The van der Waals surface area contributed by atoms with Gasteiger partial charge in [0.25, 0.3) is 0 Å². The van der Waals surface area contributed by atoms with Crippen molar-refractivity contribution in [2.75, 3.05) is 0 Å². The normalized spacial score (nSPS) is 42.9. The molecule has 0 bridgehead atoms. The lowest BCUT2D eigenvalue weighted by atomic mass is 9.62. The molecule has 0 spiro atoms. The lowest BCUT2D eigenvalue weighted by Gasteiger charge is -2.45. The highest BCUT2D eigenvalue weighted by atomic mass is 16.4. The monoisotopic (exact) mass is 197 g/mol. The van der Waals surface area contributed by atoms with Crippen molar-refractivity contribution in [3.63, 3.8) is 0 Å². The summed E-state index contributed by atoms with van der Waals surface area (Å²) in [7, 11) is 0. The van der Waals surface area contributed by atoms with Crippen LogP contribution in [0.4, 0.5) is 0 Å². The van der Waals surface area contributed by atoms with Crippen LogP contribution in [0.3, 0.4) is 0 Å². The summed E-state index contributed by atoms with van der Waals surface area (Å²) >= 11 is 0. The Morgan fingerprint density at radius 1 is 1.21 bits per heavy atom. The molecule has 0 saturated heterocycles. The van der Waals surface area contributed by atoms with E-state index in [2.05, 4.69) is 0 Å². The Bertz CT molecular complexity index is 239. The Labute approximate surface area is 84.7 Å². The Morgan fingerprint density at radius 3 is 2.57 bits per heavy atom. The zero-order valence-electron chi connectivity index (χ0n) is 8.54. The third kappa shape index (κ3) is 1.44. The van der Waals surface area contributed by atoms with Crippen molar-refractivity contribution in [1.82, 2.24) is 0 Å². The maximum Gasteiger partial charge on any atom is 0.323 e. The number of nitrogens with two attached hydrogens (primary N) is 1. The van der Waals surface area contributed by atoms with Gasteiger partial charge >= 0.3 is 5.97 Å². The molecule has 3 heteroatoms. The van der Waals surface area contributed by atoms with E-state index in [4.69, 9.17) is 5.73 Å². The number of hydrogen-bond acceptors (Lipinski definition) is 2. The van der Waals surface area contributed by atoms with Crippen molar-refractivity contribution >= 4 is 5.97 Å². The lowest BCUT2D eigenvalue weighted by molar-refractivity contribution is -0.149. The van der Waals surface area contributed by atoms with Gasteiger partial charge in [-0.05, 0) is 24.7 Å². The second-order valence-electron chi connectivity index (χ2n) is 4.89. The molecule has 2 aliphatic rings. The van der Waals surface area contributed by atoms with Crippen molar-refractivity contribution in [2.24, 2.45) is 17.6 Å². The van der Waals surface area contributed by atoms with E-state index in [1.165, 1.54) is 19.3 Å². The molecule has 0 aromatic heterocycles. The minimum Gasteiger partial charge on any atom is -0.480 e. The van der Waals surface area contributed by atoms with Crippen LogP contribution in [0.1, 0.15) is 44.9 Å². The molecule has 0 unspecified atom stereocenters. The second-order valence-corrected chi connectivity index (χ2v) is 4.89. The number of fused-ring (bicyclic) bond motifs is 1. The average Bonchev–Trinajstić information content (AvgIpc) is 2.18. The predicted molar refractivity (Wildman–Crippen MR) is 53.9 cm³/mol. The zero-order chi connectivity index (χ0) is 10.2. The molecule has 3 nitrogen and oxygen atoms in total. The van der Waals surface area contributed by atoms with Crippen LogP contribution >= 0.6 is 0 Å². The third-order valence-corrected chi connectivity index (χ3v) is 4.13. The molecule has 3 atom stereocenters. The molecule has 0 aliphatic heterocycles. The molecule has 0 aromatic carbocycles. The first-order valence-corrected chi connectivity index (χ1v) is 5.67. The molecular weight excluding hydrogens is 178 g/mol. The fourth-order valence-corrected chi connectivity index (χ4v) is 3.34. The maximum absolute atomic E-state index is 11.2. The van der Waals surface area contributed by atoms with Crippen LogP contribution in [-0.2, 0) is 4.79 Å². The van der Waals surface area contributed by atoms with Crippen molar-refractivity contribution in [3.8, 4) is 0 Å². The number of carboxylic acid groups (broad SMARTS) is 1. The van der Waals surface area contributed by atoms with Gasteiger partial charge in [0, 0.05) is 0 Å². The molecule has 0 aromatic rings. The highest BCUT2D eigenvalue weighted by Gasteiger charge is 2.48. The smallest absolute Gasteiger partial charge is 0.323 e. The van der Waals surface area contributed by atoms with Gasteiger partial charge in [0.2, 0.25) is 0 Å². The summed E-state index contributed by atoms with van der Waals surface area (Å²) < 4.78 is 0. The van der Waals surface area contributed by atoms with E-state index in [0.717, 1.165) is 19.3 Å². The Morgan fingerprint density at radius 2 is 1.86 bits per heavy atom. The van der Waals surface area contributed by atoms with E-state index < -0.39 is 11.5 Å². The fourth-order valence-electron chi connectivity index (χ4n) is 3.34. The van der Waals surface area contributed by atoms with E-state index in [0.29, 0.717) is 12.3 Å². The fraction of sp³-hybridized carbons (Fsp3) is 0.909. The van der Waals surface area contributed by atoms with Crippen molar-refractivity contribution in [1.29, 1.82) is 0 Å². The predicted octanol–water partition coefficient (Wildman–Crippen LogP) is 1.76. The topological polar surface area (TPSA) is 63.3 Å². The van der Waals surface area contributed by atoms with Crippen molar-refractivity contribution < 1.29 is 9.90 Å². The van der Waals surface area contributed by atoms with Gasteiger partial charge in [0.05, 0.1) is 0 Å². The van der Waals surface area contributed by atoms with Crippen LogP contribution in [0, 0.1) is 11.8 Å². The summed E-state index contributed by atoms with van der Waals surface area (Å²) in [4.78, 5) is 11.2. The highest BCUT2D eigenvalue weighted by molar-refractivity contribution is 5.79. The first-order chi connectivity index (χ1) is 6.64. The van der Waals surface area contributed by atoms with Gasteiger partial charge in [-0.1, -0.05) is 32.1 Å². The molecule has 0 amide bonds. The summed E-state index contributed by atoms with van der Waals surface area (Å²) in [5.74, 6) is 0.0372. The minimum atomic E-state index is -0.913. The summed E-state index contributed by atoms with van der Waals surface area (Å²) in [6.07, 6.45) is 7.49. The molecule has 14 heavy (non-hydrogen) atoms. The Kier molecular flexibility index (Phi) is 2.52. The molecule has 3 N–H and O–H groups in total. The Balaban J connectivity index is 2.20. The largest absolute Gasteiger partial charge is 0.480 e. The number of aliphatic carboxylic acids is 1. The molecule has 2 rings (SSSR count). The van der Waals surface area contributed by atoms with Gasteiger partial charge in [-0.15, -0.1) is 0 Å². The van der Waals surface area contributed by atoms with E-state index in [9.17, 15) is 9.90 Å². The summed E-state index contributed by atoms with van der Waals surface area (Å²) in [6.45, 7) is 0. The third-order valence-electron chi connectivity index (χ3n) is 4.13. The van der Waals surface area contributed by atoms with Gasteiger partial charge in [-0.2, -0.15) is 0 Å². The first kappa shape index (κ1) is 9.97. The van der Waals surface area contributed by atoms with Gasteiger partial charge in [0.15, 0.2) is 0 Å². The van der Waals surface area contributed by atoms with Crippen molar-refractivity contribution in [3.05, 3.63) is 0 Å². The lowest BCUT2D eigenvalue weighted by Crippen LogP contribution is -2.58. The van der Waals surface area contributed by atoms with Crippen LogP contribution in [0.25, 0.3) is 0 Å². The maximum atomic E-state index is 11.2. The van der Waals surface area contributed by atoms with Gasteiger partial charge in [0.1, 0.15) is 5.54 Å². The molecule has 0 radical (unpaired) electrons. The molecule has 80 valence electrons. The van der Waals surface area contributed by atoms with E-state index in [1.807, 2.05) is 0 Å². The van der Waals surface area contributed by atoms with E-state index in [1.54, 1.807) is 0 Å². The molecular formula is C11H19NO2. The van der Waals surface area contributed by atoms with Gasteiger partial charge in [-0.25, -0.2) is 0 Å². The number of hydrogen-bond donors (Lipinski definition) is 2. The number of carbonyl (C=O) groups is 1. The van der Waals surface area contributed by atoms with Crippen LogP contribution in [0.15, 0.2) is 0 Å². The average molecular weight is 197 g/mol. The van der Waals surface area contributed by atoms with Crippen LogP contribution in [-0.4, -0.2) is 16.6 Å². The van der Waals surface area contributed by atoms with Crippen LogP contribution in [0.5, 0.6) is 0 Å². The minimum absolute atomic E-state index is 0.238. The zero-order valence-corrected chi connectivity index (χ0v) is 8.54. The quantitative estimate of drug-likeness (QED) is 0.673. The van der Waals surface area contributed by atoms with Crippen LogP contribution < -0.4 is 5.73 Å². The molecule has 2 aliphatic carbocycles. The first-order valence-electron chi connectivity index (χ1n) is 5.67. The molecule has 2 saturated carbocycles. The number of rotatable bonds is 1. The molecule has 2 fully saturated rings. The second kappa shape index (κ2) is 3.54. The summed E-state index contributed by atoms with van der Waals surface area (Å²) in [5.41, 5.74) is 5.14. The molecule has 0 heterocycles. The van der Waals surface area contributed by atoms with Crippen LogP contribution in [0.2, 0.25) is 0 Å². The SMILES string of the molecule is N[C@]1(C(=O)O)CCC[C@@H]2CCCC[C@@H]21. The summed E-state index contributed by atoms with van der Waals surface area (Å²) in [5, 5.41) is 9.21. The van der Waals surface area contributed by atoms with Gasteiger partial charge < -0.3 is 10.8 Å². The van der Waals surface area contributed by atoms with Crippen molar-refractivity contribution in [2.45, 2.75) is 50.5 Å². The van der Waals surface area contributed by atoms with Gasteiger partial charge in [-0.3, -0.25) is 4.79 Å². The summed E-state index contributed by atoms with van der Waals surface area (Å²) in [6, 6.07) is 0. The standard InChI is InChI=1S/C11H19NO2/c12-11(10(13)14)7-3-5-8-4-1-2-6-9(8)11/h8-9H,1-7,12H2,(H,13,14)/t8-,9-,11+/m0/s1. The Hall–Kier alpha value is -0.570. The van der Waals surface area contributed by atoms with E-state index >= 15 is 0 Å². The number of carboxylic acids is 1. The van der Waals surface area contributed by atoms with E-state index in [-0.39, 0.29) is 5.92 Å².